The van der Waals surface area contributed by atoms with Gasteiger partial charge in [0.1, 0.15) is 6.07 Å². The molecule has 0 amide bonds. The second-order valence-corrected chi connectivity index (χ2v) is 4.30. The van der Waals surface area contributed by atoms with Gasteiger partial charge in [-0.1, -0.05) is 0 Å². The molecule has 5 heteroatoms. The molecule has 80 valence electrons. The number of pyridine rings is 1. The highest BCUT2D eigenvalue weighted by molar-refractivity contribution is 9.10. The van der Waals surface area contributed by atoms with E-state index in [2.05, 4.69) is 32.4 Å². The summed E-state index contributed by atoms with van der Waals surface area (Å²) >= 11 is 3.44. The maximum absolute atomic E-state index is 8.95. The molecule has 0 unspecified atom stereocenters. The lowest BCUT2D eigenvalue weighted by Gasteiger charge is -2.09. The van der Waals surface area contributed by atoms with Gasteiger partial charge in [-0.25, -0.2) is 0 Å². The summed E-state index contributed by atoms with van der Waals surface area (Å²) in [5.74, 6) is 5.45. The Labute approximate surface area is 101 Å². The smallest absolute Gasteiger partial charge is 0.103 e. The first-order chi connectivity index (χ1) is 7.67. The van der Waals surface area contributed by atoms with E-state index in [1.165, 1.54) is 6.20 Å². The van der Waals surface area contributed by atoms with Crippen LogP contribution in [0.25, 0.3) is 10.9 Å². The summed E-state index contributed by atoms with van der Waals surface area (Å²) in [7, 11) is 0. The molecule has 0 spiro atoms. The van der Waals surface area contributed by atoms with Crippen molar-refractivity contribution in [1.82, 2.24) is 4.98 Å². The van der Waals surface area contributed by atoms with Crippen LogP contribution in [0.5, 0.6) is 0 Å². The summed E-state index contributed by atoms with van der Waals surface area (Å²) < 4.78 is 0.892. The third-order valence-corrected chi connectivity index (χ3v) is 2.94. The molecule has 2 aromatic rings. The Morgan fingerprint density at radius 3 is 2.88 bits per heavy atom. The second-order valence-electron chi connectivity index (χ2n) is 3.45. The number of nitrogens with two attached hydrogens (primary N) is 1. The van der Waals surface area contributed by atoms with Crippen molar-refractivity contribution in [3.8, 4) is 6.07 Å². The average Bonchev–Trinajstić information content (AvgIpc) is 2.27. The van der Waals surface area contributed by atoms with Gasteiger partial charge in [-0.3, -0.25) is 10.8 Å². The van der Waals surface area contributed by atoms with E-state index in [4.69, 9.17) is 11.1 Å². The molecule has 0 bridgehead atoms. The van der Waals surface area contributed by atoms with Crippen LogP contribution in [-0.4, -0.2) is 4.98 Å². The number of aromatic nitrogens is 1. The average molecular weight is 277 g/mol. The third-order valence-electron chi connectivity index (χ3n) is 2.33. The number of halogens is 1. The number of nitrogens with zero attached hydrogens (tertiary/aromatic N) is 2. The molecule has 0 saturated carbocycles. The Morgan fingerprint density at radius 1 is 1.50 bits per heavy atom. The van der Waals surface area contributed by atoms with E-state index < -0.39 is 0 Å². The highest BCUT2D eigenvalue weighted by Crippen LogP contribution is 2.30. The van der Waals surface area contributed by atoms with E-state index in [9.17, 15) is 0 Å². The van der Waals surface area contributed by atoms with Crippen molar-refractivity contribution in [2.75, 3.05) is 5.43 Å². The van der Waals surface area contributed by atoms with Crippen LogP contribution in [0.2, 0.25) is 0 Å². The molecule has 16 heavy (non-hydrogen) atoms. The van der Waals surface area contributed by atoms with E-state index in [1.807, 2.05) is 19.1 Å². The fraction of sp³-hybridized carbons (Fsp3) is 0.0909. The molecule has 4 nitrogen and oxygen atoms in total. The molecule has 0 radical (unpaired) electrons. The molecule has 0 atom stereocenters. The van der Waals surface area contributed by atoms with Crippen molar-refractivity contribution < 1.29 is 0 Å². The van der Waals surface area contributed by atoms with Gasteiger partial charge >= 0.3 is 0 Å². The van der Waals surface area contributed by atoms with Crippen molar-refractivity contribution >= 4 is 32.5 Å². The van der Waals surface area contributed by atoms with Crippen LogP contribution in [0, 0.1) is 18.3 Å². The van der Waals surface area contributed by atoms with Crippen LogP contribution in [0.1, 0.15) is 11.1 Å². The predicted octanol–water partition coefficient (Wildman–Crippen LogP) is 2.46. The number of hydrogen-bond donors (Lipinski definition) is 2. The van der Waals surface area contributed by atoms with Crippen LogP contribution in [-0.2, 0) is 0 Å². The predicted molar refractivity (Wildman–Crippen MR) is 66.7 cm³/mol. The number of anilines is 1. The maximum atomic E-state index is 8.95. The zero-order chi connectivity index (χ0) is 11.7. The zero-order valence-electron chi connectivity index (χ0n) is 8.58. The fourth-order valence-electron chi connectivity index (χ4n) is 1.64. The lowest BCUT2D eigenvalue weighted by Crippen LogP contribution is -2.09. The molecule has 0 aliphatic carbocycles. The van der Waals surface area contributed by atoms with Crippen molar-refractivity contribution in [3.05, 3.63) is 33.9 Å². The van der Waals surface area contributed by atoms with Crippen molar-refractivity contribution in [2.24, 2.45) is 5.84 Å². The molecular formula is C11H9BrN4. The summed E-state index contributed by atoms with van der Waals surface area (Å²) in [6.45, 7) is 1.98. The summed E-state index contributed by atoms with van der Waals surface area (Å²) in [6, 6.07) is 5.98. The topological polar surface area (TPSA) is 74.7 Å². The van der Waals surface area contributed by atoms with Crippen LogP contribution in [0.15, 0.2) is 22.8 Å². The molecule has 1 heterocycles. The summed E-state index contributed by atoms with van der Waals surface area (Å²) in [5.41, 5.74) is 5.47. The fourth-order valence-corrected chi connectivity index (χ4v) is 2.31. The van der Waals surface area contributed by atoms with Crippen LogP contribution in [0.3, 0.4) is 0 Å². The Bertz CT molecular complexity index is 601. The number of aryl methyl sites for hydroxylation is 1. The quantitative estimate of drug-likeness (QED) is 0.620. The van der Waals surface area contributed by atoms with E-state index in [-0.39, 0.29) is 0 Å². The van der Waals surface area contributed by atoms with E-state index in [0.717, 1.165) is 20.9 Å². The van der Waals surface area contributed by atoms with Gasteiger partial charge in [0.05, 0.1) is 16.8 Å². The number of fused-ring (bicyclic) bond motifs is 1. The minimum atomic E-state index is 0.438. The lowest BCUT2D eigenvalue weighted by atomic mass is 10.1. The van der Waals surface area contributed by atoms with E-state index in [0.29, 0.717) is 11.3 Å². The monoisotopic (exact) mass is 276 g/mol. The second kappa shape index (κ2) is 4.08. The molecule has 0 aliphatic heterocycles. The Kier molecular flexibility index (Phi) is 2.77. The molecule has 2 rings (SSSR count). The highest BCUT2D eigenvalue weighted by Gasteiger charge is 2.10. The normalized spacial score (nSPS) is 10.1. The molecule has 0 saturated heterocycles. The summed E-state index contributed by atoms with van der Waals surface area (Å²) in [5, 5.41) is 9.79. The molecule has 1 aromatic heterocycles. The van der Waals surface area contributed by atoms with Gasteiger partial charge in [-0.05, 0) is 40.5 Å². The lowest BCUT2D eigenvalue weighted by molar-refractivity contribution is 1.30. The number of benzene rings is 1. The zero-order valence-corrected chi connectivity index (χ0v) is 10.2. The first-order valence-corrected chi connectivity index (χ1v) is 5.42. The first kappa shape index (κ1) is 10.9. The summed E-state index contributed by atoms with van der Waals surface area (Å²) in [4.78, 5) is 4.24. The Hall–Kier alpha value is -1.64. The maximum Gasteiger partial charge on any atom is 0.103 e. The van der Waals surface area contributed by atoms with Gasteiger partial charge in [0, 0.05) is 16.1 Å². The van der Waals surface area contributed by atoms with Crippen molar-refractivity contribution in [2.45, 2.75) is 6.92 Å². The molecule has 1 aromatic carbocycles. The Morgan fingerprint density at radius 2 is 2.25 bits per heavy atom. The van der Waals surface area contributed by atoms with Gasteiger partial charge in [0.2, 0.25) is 0 Å². The van der Waals surface area contributed by atoms with Crippen LogP contribution < -0.4 is 11.3 Å². The number of hydrazine groups is 1. The van der Waals surface area contributed by atoms with E-state index >= 15 is 0 Å². The number of nitrogen functional groups attached to an aromatic ring is 1. The highest BCUT2D eigenvalue weighted by atomic mass is 79.9. The molecular weight excluding hydrogens is 268 g/mol. The van der Waals surface area contributed by atoms with Crippen molar-refractivity contribution in [1.29, 1.82) is 5.26 Å². The summed E-state index contributed by atoms with van der Waals surface area (Å²) in [6.07, 6.45) is 1.51. The van der Waals surface area contributed by atoms with Crippen molar-refractivity contribution in [3.63, 3.8) is 0 Å². The standard InChI is InChI=1S/C11H9BrN4/c1-6-2-8-10(16-14)7(4-13)5-15-11(8)9(12)3-6/h2-3,5H,14H2,1H3,(H,15,16). The first-order valence-electron chi connectivity index (χ1n) is 4.63. The molecule has 0 aliphatic rings. The number of rotatable bonds is 1. The van der Waals surface area contributed by atoms with Gasteiger partial charge in [-0.15, -0.1) is 0 Å². The van der Waals surface area contributed by atoms with E-state index in [1.54, 1.807) is 0 Å². The molecule has 0 fully saturated rings. The SMILES string of the molecule is Cc1cc(Br)c2ncc(C#N)c(NN)c2c1. The van der Waals surface area contributed by atoms with Gasteiger partial charge in [0.15, 0.2) is 0 Å². The number of nitrogens with one attached hydrogen (secondary N) is 1. The minimum Gasteiger partial charge on any atom is -0.322 e. The number of hydrogen-bond acceptors (Lipinski definition) is 4. The Balaban J connectivity index is 2.93. The largest absolute Gasteiger partial charge is 0.322 e. The third kappa shape index (κ3) is 1.62. The van der Waals surface area contributed by atoms with Crippen LogP contribution >= 0.6 is 15.9 Å². The van der Waals surface area contributed by atoms with Gasteiger partial charge in [0.25, 0.3) is 0 Å². The van der Waals surface area contributed by atoms with Gasteiger partial charge < -0.3 is 5.43 Å². The van der Waals surface area contributed by atoms with Crippen LogP contribution in [0.4, 0.5) is 5.69 Å². The molecule has 3 N–H and O–H groups in total. The van der Waals surface area contributed by atoms with Gasteiger partial charge in [-0.2, -0.15) is 5.26 Å². The minimum absolute atomic E-state index is 0.438. The number of nitriles is 1.